The van der Waals surface area contributed by atoms with Crippen molar-refractivity contribution in [2.75, 3.05) is 0 Å². The van der Waals surface area contributed by atoms with Gasteiger partial charge >= 0.3 is 0 Å². The van der Waals surface area contributed by atoms with E-state index in [-0.39, 0.29) is 5.76 Å². The standard InChI is InChI=1S/C3H6O8/c1-3(2)5-7-9-11-10-8-6-4/h4H,1H2,2H3. The van der Waals surface area contributed by atoms with E-state index >= 15 is 0 Å². The molecule has 1 N–H and O–H groups in total. The van der Waals surface area contributed by atoms with Crippen LogP contribution < -0.4 is 0 Å². The monoisotopic (exact) mass is 170 g/mol. The highest BCUT2D eigenvalue weighted by Crippen LogP contribution is 1.93. The third kappa shape index (κ3) is 9.26. The van der Waals surface area contributed by atoms with Gasteiger partial charge in [-0.25, -0.2) is 5.26 Å². The van der Waals surface area contributed by atoms with E-state index in [1.54, 1.807) is 0 Å². The molecule has 11 heavy (non-hydrogen) atoms. The molecule has 0 aromatic carbocycles. The summed E-state index contributed by atoms with van der Waals surface area (Å²) in [4.78, 5) is 4.14. The highest BCUT2D eigenvalue weighted by Gasteiger charge is 1.92. The average molecular weight is 170 g/mol. The van der Waals surface area contributed by atoms with E-state index in [0.717, 1.165) is 0 Å². The topological polar surface area (TPSA) is 84.8 Å². The third-order valence-corrected chi connectivity index (χ3v) is 0.318. The zero-order chi connectivity index (χ0) is 8.53. The molecule has 0 rings (SSSR count). The molecule has 0 aliphatic rings. The molecule has 0 bridgehead atoms. The van der Waals surface area contributed by atoms with Crippen LogP contribution in [0.15, 0.2) is 12.3 Å². The fourth-order valence-electron chi connectivity index (χ4n) is 0.118. The van der Waals surface area contributed by atoms with Crippen LogP contribution in [0.4, 0.5) is 0 Å². The Morgan fingerprint density at radius 3 is 2.18 bits per heavy atom. The molecule has 0 aromatic heterocycles. The zero-order valence-corrected chi connectivity index (χ0v) is 5.51. The first kappa shape index (κ1) is 10.3. The number of hydrogen-bond donors (Lipinski definition) is 1. The van der Waals surface area contributed by atoms with E-state index in [0.29, 0.717) is 0 Å². The third-order valence-electron chi connectivity index (χ3n) is 0.318. The molecular formula is C3H6O8. The summed E-state index contributed by atoms with van der Waals surface area (Å²) >= 11 is 0. The minimum absolute atomic E-state index is 0.230. The van der Waals surface area contributed by atoms with Crippen molar-refractivity contribution in [2.45, 2.75) is 6.92 Å². The molecular weight excluding hydrogens is 164 g/mol. The van der Waals surface area contributed by atoms with Crippen LogP contribution in [0.25, 0.3) is 0 Å². The maximum Gasteiger partial charge on any atom is 0.135 e. The first-order valence-electron chi connectivity index (χ1n) is 2.24. The minimum Gasteiger partial charge on any atom is -0.312 e. The van der Waals surface area contributed by atoms with Gasteiger partial charge < -0.3 is 4.89 Å². The summed E-state index contributed by atoms with van der Waals surface area (Å²) < 4.78 is 0. The van der Waals surface area contributed by atoms with Crippen molar-refractivity contribution >= 4 is 0 Å². The molecule has 0 aliphatic carbocycles. The maximum atomic E-state index is 7.44. The van der Waals surface area contributed by atoms with Gasteiger partial charge in [-0.15, -0.1) is 0 Å². The maximum absolute atomic E-state index is 7.44. The van der Waals surface area contributed by atoms with Gasteiger partial charge in [0.2, 0.25) is 0 Å². The summed E-state index contributed by atoms with van der Waals surface area (Å²) in [5.74, 6) is 0.230. The van der Waals surface area contributed by atoms with Crippen LogP contribution in [0.2, 0.25) is 0 Å². The van der Waals surface area contributed by atoms with Crippen molar-refractivity contribution in [1.82, 2.24) is 0 Å². The highest BCUT2D eigenvalue weighted by molar-refractivity contribution is 4.70. The minimum atomic E-state index is 0.230. The Kier molecular flexibility index (Phi) is 6.87. The van der Waals surface area contributed by atoms with Gasteiger partial charge in [0.1, 0.15) is 5.76 Å². The Morgan fingerprint density at radius 1 is 1.09 bits per heavy atom. The van der Waals surface area contributed by atoms with Crippen molar-refractivity contribution in [3.63, 3.8) is 0 Å². The van der Waals surface area contributed by atoms with E-state index in [2.05, 4.69) is 41.7 Å². The molecule has 0 aliphatic heterocycles. The second kappa shape index (κ2) is 7.37. The van der Waals surface area contributed by atoms with Crippen LogP contribution in [0, 0.1) is 0 Å². The van der Waals surface area contributed by atoms with E-state index < -0.39 is 0 Å². The van der Waals surface area contributed by atoms with Crippen molar-refractivity contribution in [3.8, 4) is 0 Å². The van der Waals surface area contributed by atoms with Gasteiger partial charge in [0.05, 0.1) is 0 Å². The molecule has 0 unspecified atom stereocenters. The summed E-state index contributed by atoms with van der Waals surface area (Å²) in [5, 5.41) is 28.0. The van der Waals surface area contributed by atoms with Gasteiger partial charge in [-0.05, 0) is 22.0 Å². The molecule has 0 heterocycles. The van der Waals surface area contributed by atoms with E-state index in [4.69, 9.17) is 5.26 Å². The molecule has 0 fully saturated rings. The largest absolute Gasteiger partial charge is 0.312 e. The number of allylic oxidation sites excluding steroid dienone is 1. The molecule has 0 saturated heterocycles. The summed E-state index contributed by atoms with van der Waals surface area (Å²) in [7, 11) is 0. The smallest absolute Gasteiger partial charge is 0.135 e. The predicted molar refractivity (Wildman–Crippen MR) is 25.0 cm³/mol. The van der Waals surface area contributed by atoms with Crippen molar-refractivity contribution in [3.05, 3.63) is 12.3 Å². The molecule has 0 atom stereocenters. The van der Waals surface area contributed by atoms with Crippen LogP contribution in [0.1, 0.15) is 6.92 Å². The summed E-state index contributed by atoms with van der Waals surface area (Å²) in [6.07, 6.45) is 0. The Balaban J connectivity index is 2.85. The van der Waals surface area contributed by atoms with Crippen LogP contribution in [-0.4, -0.2) is 5.26 Å². The summed E-state index contributed by atoms with van der Waals surface area (Å²) in [6, 6.07) is 0. The first-order valence-corrected chi connectivity index (χ1v) is 2.24. The Morgan fingerprint density at radius 2 is 1.64 bits per heavy atom. The normalized spacial score (nSPS) is 9.64. The lowest BCUT2D eigenvalue weighted by atomic mass is 10.7. The van der Waals surface area contributed by atoms with Gasteiger partial charge in [-0.2, -0.15) is 0 Å². The Labute approximate surface area is 60.9 Å². The van der Waals surface area contributed by atoms with Gasteiger partial charge in [0, 0.05) is 15.1 Å². The molecule has 0 saturated carbocycles. The van der Waals surface area contributed by atoms with Crippen LogP contribution >= 0.6 is 0 Å². The van der Waals surface area contributed by atoms with Crippen LogP contribution in [0.5, 0.6) is 0 Å². The van der Waals surface area contributed by atoms with E-state index in [1.165, 1.54) is 6.92 Å². The van der Waals surface area contributed by atoms with Crippen molar-refractivity contribution in [1.29, 1.82) is 0 Å². The lowest BCUT2D eigenvalue weighted by molar-refractivity contribution is -0.809. The van der Waals surface area contributed by atoms with Gasteiger partial charge in [0.15, 0.2) is 0 Å². The molecule has 66 valence electrons. The Hall–Kier alpha value is -0.740. The average Bonchev–Trinajstić information content (AvgIpc) is 1.96. The lowest BCUT2D eigenvalue weighted by Gasteiger charge is -1.98. The van der Waals surface area contributed by atoms with Gasteiger partial charge in [0.25, 0.3) is 0 Å². The molecule has 0 amide bonds. The SMILES string of the molecule is C=C(C)OOOOOOOO. The number of rotatable bonds is 7. The molecule has 8 nitrogen and oxygen atoms in total. The Bertz CT molecular complexity index is 102. The first-order chi connectivity index (χ1) is 5.27. The predicted octanol–water partition coefficient (Wildman–Crippen LogP) is 0.599. The number of hydrogen-bond acceptors (Lipinski definition) is 8. The molecule has 0 spiro atoms. The summed E-state index contributed by atoms with van der Waals surface area (Å²) in [6.45, 7) is 4.77. The fraction of sp³-hybridized carbons (Fsp3) is 0.333. The van der Waals surface area contributed by atoms with E-state index in [1.807, 2.05) is 0 Å². The molecule has 8 heteroatoms. The van der Waals surface area contributed by atoms with E-state index in [9.17, 15) is 0 Å². The van der Waals surface area contributed by atoms with Crippen LogP contribution in [0.3, 0.4) is 0 Å². The van der Waals surface area contributed by atoms with Crippen molar-refractivity contribution < 1.29 is 40.4 Å². The lowest BCUT2D eigenvalue weighted by Crippen LogP contribution is -1.99. The van der Waals surface area contributed by atoms with Gasteiger partial charge in [-0.1, -0.05) is 6.58 Å². The fourth-order valence-corrected chi connectivity index (χ4v) is 0.118. The van der Waals surface area contributed by atoms with Gasteiger partial charge in [-0.3, -0.25) is 0 Å². The molecule has 0 aromatic rings. The highest BCUT2D eigenvalue weighted by atomic mass is 17.9. The quantitative estimate of drug-likeness (QED) is 0.257. The second-order valence-electron chi connectivity index (χ2n) is 1.20. The summed E-state index contributed by atoms with van der Waals surface area (Å²) in [5.41, 5.74) is 0. The van der Waals surface area contributed by atoms with Crippen molar-refractivity contribution in [2.24, 2.45) is 0 Å². The zero-order valence-electron chi connectivity index (χ0n) is 5.51. The second-order valence-corrected chi connectivity index (χ2v) is 1.20. The van der Waals surface area contributed by atoms with Crippen LogP contribution in [-0.2, 0) is 35.1 Å². The molecule has 0 radical (unpaired) electrons.